The van der Waals surface area contributed by atoms with E-state index in [9.17, 15) is 0 Å². The Morgan fingerprint density at radius 3 is 2.58 bits per heavy atom. The highest BCUT2D eigenvalue weighted by Crippen LogP contribution is 2.26. The van der Waals surface area contributed by atoms with Crippen LogP contribution in [0.25, 0.3) is 11.0 Å². The largest absolute Gasteiger partial charge is 0.330 e. The van der Waals surface area contributed by atoms with Crippen molar-refractivity contribution in [3.8, 4) is 0 Å². The second-order valence-electron chi connectivity index (χ2n) is 6.81. The van der Waals surface area contributed by atoms with Gasteiger partial charge in [-0.1, -0.05) is 12.1 Å². The predicted molar refractivity (Wildman–Crippen MR) is 94.9 cm³/mol. The van der Waals surface area contributed by atoms with Crippen molar-refractivity contribution < 1.29 is 0 Å². The van der Waals surface area contributed by atoms with E-state index in [0.29, 0.717) is 5.92 Å². The molecule has 1 atom stereocenters. The van der Waals surface area contributed by atoms with Crippen molar-refractivity contribution in [1.29, 1.82) is 0 Å². The molecule has 24 heavy (non-hydrogen) atoms. The summed E-state index contributed by atoms with van der Waals surface area (Å²) >= 11 is 0. The van der Waals surface area contributed by atoms with Gasteiger partial charge in [-0.15, -0.1) is 0 Å². The molecular weight excluding hydrogens is 298 g/mol. The number of rotatable bonds is 3. The van der Waals surface area contributed by atoms with Crippen molar-refractivity contribution in [3.63, 3.8) is 0 Å². The van der Waals surface area contributed by atoms with Crippen LogP contribution in [0.2, 0.25) is 0 Å². The first-order valence-electron chi connectivity index (χ1n) is 8.55. The average Bonchev–Trinajstić information content (AvgIpc) is 3.13. The van der Waals surface area contributed by atoms with E-state index < -0.39 is 0 Å². The zero-order valence-corrected chi connectivity index (χ0v) is 14.5. The number of hydrogen-bond acceptors (Lipinski definition) is 4. The molecular formula is C19H23N5. The molecule has 0 spiro atoms. The van der Waals surface area contributed by atoms with Gasteiger partial charge in [0.25, 0.3) is 0 Å². The molecule has 0 radical (unpaired) electrons. The molecule has 1 unspecified atom stereocenters. The van der Waals surface area contributed by atoms with E-state index in [2.05, 4.69) is 44.7 Å². The van der Waals surface area contributed by atoms with E-state index in [1.54, 1.807) is 0 Å². The average molecular weight is 321 g/mol. The molecule has 0 N–H and O–H groups in total. The zero-order chi connectivity index (χ0) is 16.7. The number of nitrogens with zero attached hydrogens (tertiary/aromatic N) is 5. The number of fused-ring (bicyclic) bond motifs is 1. The van der Waals surface area contributed by atoms with Gasteiger partial charge in [0.2, 0.25) is 0 Å². The number of aromatic nitrogens is 4. The van der Waals surface area contributed by atoms with Gasteiger partial charge in [0.05, 0.1) is 17.6 Å². The van der Waals surface area contributed by atoms with Crippen molar-refractivity contribution in [2.24, 2.45) is 7.05 Å². The molecule has 3 heterocycles. The SMILES string of the molecule is Cc1cc(C)nc(C2CCN(Cc3nc4ccccc4n3C)C2)n1. The third-order valence-electron chi connectivity index (χ3n) is 4.88. The monoisotopic (exact) mass is 321 g/mol. The standard InChI is InChI=1S/C19H23N5/c1-13-10-14(2)21-19(20-13)15-8-9-24(11-15)12-18-22-16-6-4-5-7-17(16)23(18)3/h4-7,10,15H,8-9,11-12H2,1-3H3. The number of hydrogen-bond donors (Lipinski definition) is 0. The van der Waals surface area contributed by atoms with E-state index in [4.69, 9.17) is 4.98 Å². The molecule has 0 aliphatic carbocycles. The van der Waals surface area contributed by atoms with Gasteiger partial charge in [-0.25, -0.2) is 15.0 Å². The zero-order valence-electron chi connectivity index (χ0n) is 14.5. The van der Waals surface area contributed by atoms with Crippen LogP contribution in [-0.2, 0) is 13.6 Å². The fraction of sp³-hybridized carbons (Fsp3) is 0.421. The lowest BCUT2D eigenvalue weighted by Crippen LogP contribution is -2.22. The number of imidazole rings is 1. The predicted octanol–water partition coefficient (Wildman–Crippen LogP) is 2.97. The lowest BCUT2D eigenvalue weighted by Gasteiger charge is -2.15. The summed E-state index contributed by atoms with van der Waals surface area (Å²) in [5.41, 5.74) is 4.39. The van der Waals surface area contributed by atoms with Gasteiger partial charge in [0, 0.05) is 30.9 Å². The van der Waals surface area contributed by atoms with Gasteiger partial charge in [0.15, 0.2) is 0 Å². The molecule has 1 aliphatic rings. The summed E-state index contributed by atoms with van der Waals surface area (Å²) < 4.78 is 2.20. The molecule has 0 bridgehead atoms. The lowest BCUT2D eigenvalue weighted by atomic mass is 10.1. The van der Waals surface area contributed by atoms with E-state index >= 15 is 0 Å². The van der Waals surface area contributed by atoms with E-state index in [-0.39, 0.29) is 0 Å². The van der Waals surface area contributed by atoms with Crippen molar-refractivity contribution in [1.82, 2.24) is 24.4 Å². The van der Waals surface area contributed by atoms with Crippen LogP contribution in [0, 0.1) is 13.8 Å². The second kappa shape index (κ2) is 5.98. The van der Waals surface area contributed by atoms with Gasteiger partial charge in [0.1, 0.15) is 11.6 Å². The Kier molecular flexibility index (Phi) is 3.81. The first kappa shape index (κ1) is 15.3. The van der Waals surface area contributed by atoms with Crippen molar-refractivity contribution >= 4 is 11.0 Å². The Balaban J connectivity index is 1.51. The highest BCUT2D eigenvalue weighted by Gasteiger charge is 2.27. The van der Waals surface area contributed by atoms with E-state index in [1.165, 1.54) is 5.52 Å². The van der Waals surface area contributed by atoms with Crippen LogP contribution in [0.1, 0.15) is 35.4 Å². The fourth-order valence-electron chi connectivity index (χ4n) is 3.66. The van der Waals surface area contributed by atoms with Crippen LogP contribution in [0.3, 0.4) is 0 Å². The Bertz CT molecular complexity index is 862. The number of aryl methyl sites for hydroxylation is 3. The Morgan fingerprint density at radius 1 is 1.08 bits per heavy atom. The highest BCUT2D eigenvalue weighted by atomic mass is 15.2. The molecule has 5 heteroatoms. The van der Waals surface area contributed by atoms with Gasteiger partial charge in [-0.3, -0.25) is 4.90 Å². The molecule has 1 aliphatic heterocycles. The molecule has 5 nitrogen and oxygen atoms in total. The third kappa shape index (κ3) is 2.80. The minimum absolute atomic E-state index is 0.429. The van der Waals surface area contributed by atoms with Crippen molar-refractivity contribution in [2.45, 2.75) is 32.7 Å². The second-order valence-corrected chi connectivity index (χ2v) is 6.81. The Labute approximate surface area is 142 Å². The summed E-state index contributed by atoms with van der Waals surface area (Å²) in [6.07, 6.45) is 1.12. The fourth-order valence-corrected chi connectivity index (χ4v) is 3.66. The summed E-state index contributed by atoms with van der Waals surface area (Å²) in [5, 5.41) is 0. The van der Waals surface area contributed by atoms with Crippen molar-refractivity contribution in [2.75, 3.05) is 13.1 Å². The molecule has 124 valence electrons. The number of benzene rings is 1. The maximum Gasteiger partial charge on any atom is 0.133 e. The van der Waals surface area contributed by atoms with Crippen LogP contribution in [0.4, 0.5) is 0 Å². The summed E-state index contributed by atoms with van der Waals surface area (Å²) in [7, 11) is 2.10. The highest BCUT2D eigenvalue weighted by molar-refractivity contribution is 5.75. The molecule has 0 saturated carbocycles. The Morgan fingerprint density at radius 2 is 1.83 bits per heavy atom. The van der Waals surface area contributed by atoms with Gasteiger partial charge in [-0.2, -0.15) is 0 Å². The first-order valence-corrected chi connectivity index (χ1v) is 8.55. The van der Waals surface area contributed by atoms with Gasteiger partial charge >= 0.3 is 0 Å². The molecule has 0 amide bonds. The molecule has 1 aromatic carbocycles. The minimum Gasteiger partial charge on any atom is -0.330 e. The van der Waals surface area contributed by atoms with Crippen LogP contribution < -0.4 is 0 Å². The quantitative estimate of drug-likeness (QED) is 0.744. The van der Waals surface area contributed by atoms with E-state index in [1.807, 2.05) is 26.0 Å². The normalized spacial score (nSPS) is 18.5. The van der Waals surface area contributed by atoms with Crippen LogP contribution in [-0.4, -0.2) is 37.5 Å². The molecule has 1 saturated heterocycles. The Hall–Kier alpha value is -2.27. The summed E-state index contributed by atoms with van der Waals surface area (Å²) in [6, 6.07) is 10.4. The van der Waals surface area contributed by atoms with E-state index in [0.717, 1.165) is 54.6 Å². The number of para-hydroxylation sites is 2. The van der Waals surface area contributed by atoms with Crippen LogP contribution in [0.15, 0.2) is 30.3 Å². The van der Waals surface area contributed by atoms with Crippen LogP contribution >= 0.6 is 0 Å². The lowest BCUT2D eigenvalue weighted by molar-refractivity contribution is 0.314. The van der Waals surface area contributed by atoms with Crippen molar-refractivity contribution in [3.05, 3.63) is 53.4 Å². The third-order valence-corrected chi connectivity index (χ3v) is 4.88. The maximum absolute atomic E-state index is 4.79. The minimum atomic E-state index is 0.429. The first-order chi connectivity index (χ1) is 11.6. The summed E-state index contributed by atoms with van der Waals surface area (Å²) in [5.74, 6) is 2.55. The summed E-state index contributed by atoms with van der Waals surface area (Å²) in [6.45, 7) is 7.05. The smallest absolute Gasteiger partial charge is 0.133 e. The molecule has 1 fully saturated rings. The molecule has 3 aromatic rings. The van der Waals surface area contributed by atoms with Gasteiger partial charge < -0.3 is 4.57 Å². The van der Waals surface area contributed by atoms with Crippen LogP contribution in [0.5, 0.6) is 0 Å². The maximum atomic E-state index is 4.79. The molecule has 2 aromatic heterocycles. The molecule has 4 rings (SSSR count). The number of likely N-dealkylation sites (tertiary alicyclic amines) is 1. The summed E-state index contributed by atoms with van der Waals surface area (Å²) in [4.78, 5) is 16.6. The topological polar surface area (TPSA) is 46.8 Å². The van der Waals surface area contributed by atoms with Gasteiger partial charge in [-0.05, 0) is 45.0 Å².